The quantitative estimate of drug-likeness (QED) is 0.834. The summed E-state index contributed by atoms with van der Waals surface area (Å²) in [6.07, 6.45) is 2.94. The number of nitrogens with zero attached hydrogens (tertiary/aromatic N) is 1. The zero-order valence-corrected chi connectivity index (χ0v) is 16.7. The predicted octanol–water partition coefficient (Wildman–Crippen LogP) is 3.75. The Kier molecular flexibility index (Phi) is 6.00. The van der Waals surface area contributed by atoms with Crippen molar-refractivity contribution in [3.8, 4) is 11.5 Å². The molecular formula is C23H27FN2O3. The molecule has 1 fully saturated rings. The van der Waals surface area contributed by atoms with Crippen LogP contribution in [0.3, 0.4) is 0 Å². The van der Waals surface area contributed by atoms with Crippen LogP contribution in [0, 0.1) is 12.7 Å². The number of halogens is 1. The Morgan fingerprint density at radius 2 is 1.97 bits per heavy atom. The lowest BCUT2D eigenvalue weighted by Gasteiger charge is -2.25. The average molecular weight is 398 g/mol. The first-order valence-electron chi connectivity index (χ1n) is 10.3. The van der Waals surface area contributed by atoms with Crippen molar-refractivity contribution in [2.45, 2.75) is 38.8 Å². The third kappa shape index (κ3) is 4.70. The van der Waals surface area contributed by atoms with Gasteiger partial charge in [0, 0.05) is 19.0 Å². The van der Waals surface area contributed by atoms with Gasteiger partial charge in [0.15, 0.2) is 11.5 Å². The van der Waals surface area contributed by atoms with Gasteiger partial charge in [0.25, 0.3) is 0 Å². The van der Waals surface area contributed by atoms with Gasteiger partial charge in [0.2, 0.25) is 5.91 Å². The fourth-order valence-electron chi connectivity index (χ4n) is 3.97. The van der Waals surface area contributed by atoms with E-state index in [1.54, 1.807) is 13.0 Å². The van der Waals surface area contributed by atoms with E-state index < -0.39 is 0 Å². The van der Waals surface area contributed by atoms with Crippen LogP contribution in [0.4, 0.5) is 4.39 Å². The molecule has 1 saturated heterocycles. The number of carbonyl (C=O) groups is 1. The normalized spacial score (nSPS) is 19.0. The van der Waals surface area contributed by atoms with E-state index in [0.29, 0.717) is 31.9 Å². The van der Waals surface area contributed by atoms with Gasteiger partial charge in [-0.3, -0.25) is 9.69 Å². The summed E-state index contributed by atoms with van der Waals surface area (Å²) in [4.78, 5) is 14.7. The Morgan fingerprint density at radius 1 is 1.14 bits per heavy atom. The maximum absolute atomic E-state index is 13.7. The summed E-state index contributed by atoms with van der Waals surface area (Å²) in [7, 11) is 0. The molecule has 2 heterocycles. The van der Waals surface area contributed by atoms with E-state index >= 15 is 0 Å². The minimum absolute atomic E-state index is 0.0489. The van der Waals surface area contributed by atoms with Crippen LogP contribution in [0.15, 0.2) is 36.4 Å². The van der Waals surface area contributed by atoms with Crippen LogP contribution < -0.4 is 14.8 Å². The fraction of sp³-hybridized carbons (Fsp3) is 0.435. The third-order valence-corrected chi connectivity index (χ3v) is 5.59. The number of rotatable bonds is 5. The second-order valence-electron chi connectivity index (χ2n) is 7.75. The Labute approximate surface area is 170 Å². The van der Waals surface area contributed by atoms with E-state index in [1.807, 2.05) is 12.1 Å². The molecule has 4 rings (SSSR count). The van der Waals surface area contributed by atoms with Crippen LogP contribution in [0.2, 0.25) is 0 Å². The van der Waals surface area contributed by atoms with Crippen molar-refractivity contribution in [3.63, 3.8) is 0 Å². The van der Waals surface area contributed by atoms with Crippen LogP contribution in [0.5, 0.6) is 11.5 Å². The largest absolute Gasteiger partial charge is 0.490 e. The Hall–Kier alpha value is -2.60. The lowest BCUT2D eigenvalue weighted by molar-refractivity contribution is -0.122. The molecule has 2 aliphatic heterocycles. The number of nitrogens with one attached hydrogen (secondary N) is 1. The highest BCUT2D eigenvalue weighted by Crippen LogP contribution is 2.37. The first-order valence-corrected chi connectivity index (χ1v) is 10.3. The molecule has 0 aliphatic carbocycles. The molecule has 154 valence electrons. The number of amides is 1. The number of fused-ring (bicyclic) bond motifs is 1. The number of aryl methyl sites for hydroxylation is 1. The molecule has 0 aromatic heterocycles. The van der Waals surface area contributed by atoms with Crippen molar-refractivity contribution in [3.05, 3.63) is 58.9 Å². The van der Waals surface area contributed by atoms with Crippen molar-refractivity contribution < 1.29 is 18.7 Å². The average Bonchev–Trinajstić information content (AvgIpc) is 3.04. The lowest BCUT2D eigenvalue weighted by Crippen LogP contribution is -2.36. The molecule has 29 heavy (non-hydrogen) atoms. The van der Waals surface area contributed by atoms with Crippen LogP contribution in [-0.4, -0.2) is 37.1 Å². The van der Waals surface area contributed by atoms with Crippen molar-refractivity contribution in [1.82, 2.24) is 10.2 Å². The summed E-state index contributed by atoms with van der Waals surface area (Å²) in [6, 6.07) is 11.3. The van der Waals surface area contributed by atoms with Gasteiger partial charge in [-0.15, -0.1) is 0 Å². The van der Waals surface area contributed by atoms with Gasteiger partial charge in [-0.05, 0) is 61.2 Å². The molecule has 0 unspecified atom stereocenters. The van der Waals surface area contributed by atoms with Gasteiger partial charge in [0.05, 0.1) is 19.8 Å². The highest BCUT2D eigenvalue weighted by Gasteiger charge is 2.28. The summed E-state index contributed by atoms with van der Waals surface area (Å²) < 4.78 is 25.2. The van der Waals surface area contributed by atoms with Crippen molar-refractivity contribution in [2.75, 3.05) is 26.3 Å². The number of benzene rings is 2. The highest BCUT2D eigenvalue weighted by atomic mass is 19.1. The van der Waals surface area contributed by atoms with E-state index in [9.17, 15) is 9.18 Å². The topological polar surface area (TPSA) is 50.8 Å². The highest BCUT2D eigenvalue weighted by molar-refractivity contribution is 5.78. The maximum Gasteiger partial charge on any atom is 0.234 e. The first-order chi connectivity index (χ1) is 14.1. The second-order valence-corrected chi connectivity index (χ2v) is 7.75. The van der Waals surface area contributed by atoms with Crippen LogP contribution >= 0.6 is 0 Å². The van der Waals surface area contributed by atoms with Gasteiger partial charge in [-0.1, -0.05) is 18.2 Å². The molecule has 1 atom stereocenters. The number of hydrogen-bond donors (Lipinski definition) is 1. The Morgan fingerprint density at radius 3 is 2.79 bits per heavy atom. The minimum atomic E-state index is -0.245. The molecule has 2 aromatic carbocycles. The molecule has 0 bridgehead atoms. The van der Waals surface area contributed by atoms with E-state index in [4.69, 9.17) is 9.47 Å². The van der Waals surface area contributed by atoms with Gasteiger partial charge in [0.1, 0.15) is 5.82 Å². The number of ether oxygens (including phenoxy) is 2. The number of hydrogen-bond acceptors (Lipinski definition) is 4. The molecule has 1 amide bonds. The molecule has 2 aromatic rings. The fourth-order valence-corrected chi connectivity index (χ4v) is 3.97. The first kappa shape index (κ1) is 19.7. The predicted molar refractivity (Wildman–Crippen MR) is 109 cm³/mol. The maximum atomic E-state index is 13.7. The molecule has 1 N–H and O–H groups in total. The van der Waals surface area contributed by atoms with E-state index in [1.165, 1.54) is 6.07 Å². The summed E-state index contributed by atoms with van der Waals surface area (Å²) in [5.41, 5.74) is 2.53. The summed E-state index contributed by atoms with van der Waals surface area (Å²) in [5, 5.41) is 2.91. The Balaban J connectivity index is 1.37. The monoisotopic (exact) mass is 398 g/mol. The van der Waals surface area contributed by atoms with E-state index in [0.717, 1.165) is 48.4 Å². The molecule has 0 radical (unpaired) electrons. The molecular weight excluding hydrogens is 371 g/mol. The standard InChI is InChI=1S/C23H27FN2O3/c1-16-5-6-17(12-19(16)24)14-25-23(27)15-26-9-2-4-20(26)18-7-8-21-22(13-18)29-11-3-10-28-21/h5-8,12-13,20H,2-4,9-11,14-15H2,1H3,(H,25,27)/t20-/m1/s1. The molecule has 6 heteroatoms. The molecule has 0 spiro atoms. The summed E-state index contributed by atoms with van der Waals surface area (Å²) in [5.74, 6) is 1.29. The zero-order valence-electron chi connectivity index (χ0n) is 16.7. The van der Waals surface area contributed by atoms with Crippen molar-refractivity contribution in [2.24, 2.45) is 0 Å². The third-order valence-electron chi connectivity index (χ3n) is 5.59. The summed E-state index contributed by atoms with van der Waals surface area (Å²) >= 11 is 0. The summed E-state index contributed by atoms with van der Waals surface area (Å²) in [6.45, 7) is 4.60. The van der Waals surface area contributed by atoms with Gasteiger partial charge >= 0.3 is 0 Å². The van der Waals surface area contributed by atoms with Gasteiger partial charge < -0.3 is 14.8 Å². The number of likely N-dealkylation sites (tertiary alicyclic amines) is 1. The van der Waals surface area contributed by atoms with E-state index in [-0.39, 0.29) is 17.8 Å². The van der Waals surface area contributed by atoms with Crippen LogP contribution in [0.25, 0.3) is 0 Å². The van der Waals surface area contributed by atoms with E-state index in [2.05, 4.69) is 22.3 Å². The van der Waals surface area contributed by atoms with Gasteiger partial charge in [-0.25, -0.2) is 4.39 Å². The minimum Gasteiger partial charge on any atom is -0.490 e. The van der Waals surface area contributed by atoms with Crippen LogP contribution in [-0.2, 0) is 11.3 Å². The molecule has 5 nitrogen and oxygen atoms in total. The second kappa shape index (κ2) is 8.82. The van der Waals surface area contributed by atoms with Crippen molar-refractivity contribution >= 4 is 5.91 Å². The van der Waals surface area contributed by atoms with Crippen molar-refractivity contribution in [1.29, 1.82) is 0 Å². The molecule has 2 aliphatic rings. The Bertz CT molecular complexity index is 886. The zero-order chi connectivity index (χ0) is 20.2. The number of carbonyl (C=O) groups excluding carboxylic acids is 1. The smallest absolute Gasteiger partial charge is 0.234 e. The van der Waals surface area contributed by atoms with Crippen LogP contribution in [0.1, 0.15) is 42.0 Å². The lowest BCUT2D eigenvalue weighted by atomic mass is 10.0. The van der Waals surface area contributed by atoms with Gasteiger partial charge in [-0.2, -0.15) is 0 Å². The molecule has 0 saturated carbocycles. The SMILES string of the molecule is Cc1ccc(CNC(=O)CN2CCC[C@@H]2c2ccc3c(c2)OCCCO3)cc1F.